The summed E-state index contributed by atoms with van der Waals surface area (Å²) in [4.78, 5) is 13.6. The maximum absolute atomic E-state index is 14.4. The summed E-state index contributed by atoms with van der Waals surface area (Å²) in [5.41, 5.74) is -1.69. The molecule has 1 N–H and O–H groups in total. The molecule has 0 radical (unpaired) electrons. The highest BCUT2D eigenvalue weighted by molar-refractivity contribution is 5.68. The van der Waals surface area contributed by atoms with Gasteiger partial charge in [0, 0.05) is 19.6 Å². The zero-order valence-corrected chi connectivity index (χ0v) is 12.8. The second-order valence-corrected chi connectivity index (χ2v) is 6.55. The summed E-state index contributed by atoms with van der Waals surface area (Å²) in [6.45, 7) is 8.68. The van der Waals surface area contributed by atoms with E-state index in [2.05, 4.69) is 5.32 Å². The third kappa shape index (κ3) is 4.97. The molecule has 1 amide bonds. The van der Waals surface area contributed by atoms with E-state index in [1.807, 2.05) is 20.8 Å². The van der Waals surface area contributed by atoms with Gasteiger partial charge in [0.2, 0.25) is 0 Å². The van der Waals surface area contributed by atoms with Crippen LogP contribution >= 0.6 is 0 Å². The molecular weight excluding hydrogens is 247 g/mol. The molecule has 1 aliphatic rings. The fourth-order valence-corrected chi connectivity index (χ4v) is 2.48. The molecule has 1 fully saturated rings. The Bertz CT molecular complexity index is 305. The van der Waals surface area contributed by atoms with Crippen LogP contribution in [0.1, 0.15) is 40.5 Å². The number of rotatable bonds is 3. The number of hydrogen-bond donors (Lipinski definition) is 1. The van der Waals surface area contributed by atoms with Gasteiger partial charge < -0.3 is 15.0 Å². The van der Waals surface area contributed by atoms with Gasteiger partial charge in [0.25, 0.3) is 0 Å². The van der Waals surface area contributed by atoms with E-state index in [9.17, 15) is 9.18 Å². The summed E-state index contributed by atoms with van der Waals surface area (Å²) >= 11 is 0. The largest absolute Gasteiger partial charge is 0.444 e. The van der Waals surface area contributed by atoms with E-state index in [0.717, 1.165) is 0 Å². The maximum Gasteiger partial charge on any atom is 0.410 e. The van der Waals surface area contributed by atoms with Crippen molar-refractivity contribution >= 4 is 6.09 Å². The van der Waals surface area contributed by atoms with Crippen LogP contribution < -0.4 is 5.32 Å². The van der Waals surface area contributed by atoms with E-state index in [1.54, 1.807) is 18.9 Å². The number of carbonyl (C=O) groups is 1. The predicted molar refractivity (Wildman–Crippen MR) is 74.0 cm³/mol. The second kappa shape index (κ2) is 6.07. The van der Waals surface area contributed by atoms with Crippen LogP contribution in [0.5, 0.6) is 0 Å². The van der Waals surface area contributed by atoms with Gasteiger partial charge in [0.1, 0.15) is 11.3 Å². The van der Waals surface area contributed by atoms with Crippen molar-refractivity contribution in [2.45, 2.75) is 51.8 Å². The van der Waals surface area contributed by atoms with E-state index in [4.69, 9.17) is 4.74 Å². The first-order valence-electron chi connectivity index (χ1n) is 6.97. The fraction of sp³-hybridized carbons (Fsp3) is 0.929. The first-order valence-corrected chi connectivity index (χ1v) is 6.97. The first-order chi connectivity index (χ1) is 8.65. The lowest BCUT2D eigenvalue weighted by molar-refractivity contribution is 0.00464. The highest BCUT2D eigenvalue weighted by Gasteiger charge is 2.37. The van der Waals surface area contributed by atoms with Gasteiger partial charge in [-0.1, -0.05) is 0 Å². The van der Waals surface area contributed by atoms with E-state index in [0.29, 0.717) is 32.5 Å². The van der Waals surface area contributed by atoms with E-state index in [1.165, 1.54) is 0 Å². The number of nitrogens with zero attached hydrogens (tertiary/aromatic N) is 1. The summed E-state index contributed by atoms with van der Waals surface area (Å²) < 4.78 is 19.7. The summed E-state index contributed by atoms with van der Waals surface area (Å²) in [6, 6.07) is 0. The van der Waals surface area contributed by atoms with Gasteiger partial charge in [-0.2, -0.15) is 0 Å². The van der Waals surface area contributed by atoms with Gasteiger partial charge in [-0.15, -0.1) is 0 Å². The fourth-order valence-electron chi connectivity index (χ4n) is 2.48. The number of halogens is 1. The zero-order chi connectivity index (χ0) is 14.7. The zero-order valence-electron chi connectivity index (χ0n) is 12.8. The highest BCUT2D eigenvalue weighted by atomic mass is 19.1. The Labute approximate surface area is 115 Å². The molecule has 0 aliphatic carbocycles. The number of hydrogen-bond acceptors (Lipinski definition) is 3. The summed E-state index contributed by atoms with van der Waals surface area (Å²) in [5, 5.41) is 2.89. The van der Waals surface area contributed by atoms with Crippen molar-refractivity contribution in [1.82, 2.24) is 10.2 Å². The first kappa shape index (κ1) is 16.2. The lowest BCUT2D eigenvalue weighted by Crippen LogP contribution is -2.48. The molecule has 5 heteroatoms. The smallest absolute Gasteiger partial charge is 0.410 e. The molecule has 1 rings (SSSR count). The van der Waals surface area contributed by atoms with E-state index in [-0.39, 0.29) is 12.0 Å². The van der Waals surface area contributed by atoms with Crippen LogP contribution in [0.4, 0.5) is 9.18 Å². The molecule has 0 saturated carbocycles. The van der Waals surface area contributed by atoms with Gasteiger partial charge in [0.05, 0.1) is 0 Å². The number of amides is 1. The Morgan fingerprint density at radius 2 is 1.84 bits per heavy atom. The van der Waals surface area contributed by atoms with Crippen molar-refractivity contribution < 1.29 is 13.9 Å². The minimum Gasteiger partial charge on any atom is -0.444 e. The molecule has 1 heterocycles. The Kier molecular flexibility index (Phi) is 5.18. The lowest BCUT2D eigenvalue weighted by atomic mass is 9.83. The Balaban J connectivity index is 2.47. The monoisotopic (exact) mass is 274 g/mol. The molecule has 4 nitrogen and oxygen atoms in total. The van der Waals surface area contributed by atoms with Gasteiger partial charge in [-0.3, -0.25) is 0 Å². The average molecular weight is 274 g/mol. The van der Waals surface area contributed by atoms with Crippen molar-refractivity contribution in [3.8, 4) is 0 Å². The van der Waals surface area contributed by atoms with Crippen LogP contribution in [-0.4, -0.2) is 48.9 Å². The highest BCUT2D eigenvalue weighted by Crippen LogP contribution is 2.31. The van der Waals surface area contributed by atoms with Gasteiger partial charge >= 0.3 is 6.09 Å². The number of piperidine rings is 1. The lowest BCUT2D eigenvalue weighted by Gasteiger charge is -2.38. The van der Waals surface area contributed by atoms with E-state index < -0.39 is 11.3 Å². The molecule has 1 saturated heterocycles. The number of alkyl halides is 1. The van der Waals surface area contributed by atoms with Crippen molar-refractivity contribution in [1.29, 1.82) is 0 Å². The Hall–Kier alpha value is -0.840. The Morgan fingerprint density at radius 1 is 1.32 bits per heavy atom. The minimum absolute atomic E-state index is 0.00126. The molecule has 1 atom stereocenters. The topological polar surface area (TPSA) is 41.6 Å². The summed E-state index contributed by atoms with van der Waals surface area (Å²) in [5.74, 6) is -0.00126. The minimum atomic E-state index is -1.21. The van der Waals surface area contributed by atoms with E-state index >= 15 is 0 Å². The van der Waals surface area contributed by atoms with Crippen LogP contribution in [0.3, 0.4) is 0 Å². The van der Waals surface area contributed by atoms with Gasteiger partial charge in [-0.25, -0.2) is 9.18 Å². The maximum atomic E-state index is 14.4. The number of nitrogens with one attached hydrogen (secondary N) is 1. The van der Waals surface area contributed by atoms with Crippen LogP contribution in [0.2, 0.25) is 0 Å². The van der Waals surface area contributed by atoms with Crippen molar-refractivity contribution in [2.75, 3.05) is 26.7 Å². The predicted octanol–water partition coefficient (Wildman–Crippen LogP) is 2.58. The standard InChI is InChI=1S/C14H27FN2O2/c1-13(2,3)19-12(18)17-8-6-11(7-9-17)14(4,15)10-16-5/h11,16H,6-10H2,1-5H3. The van der Waals surface area contributed by atoms with Crippen LogP contribution in [-0.2, 0) is 4.74 Å². The third-order valence-electron chi connectivity index (χ3n) is 3.52. The SMILES string of the molecule is CNCC(C)(F)C1CCN(C(=O)OC(C)(C)C)CC1. The average Bonchev–Trinajstić information content (AvgIpc) is 2.27. The molecular formula is C14H27FN2O2. The summed E-state index contributed by atoms with van der Waals surface area (Å²) in [6.07, 6.45) is 1.09. The summed E-state index contributed by atoms with van der Waals surface area (Å²) in [7, 11) is 1.76. The third-order valence-corrected chi connectivity index (χ3v) is 3.52. The molecule has 0 aromatic heterocycles. The molecule has 1 aliphatic heterocycles. The number of carbonyl (C=O) groups excluding carboxylic acids is 1. The molecule has 0 bridgehead atoms. The normalized spacial score (nSPS) is 21.1. The number of likely N-dealkylation sites (tertiary alicyclic amines) is 1. The molecule has 19 heavy (non-hydrogen) atoms. The molecule has 0 aromatic carbocycles. The number of ether oxygens (including phenoxy) is 1. The Morgan fingerprint density at radius 3 is 2.26 bits per heavy atom. The van der Waals surface area contributed by atoms with Crippen molar-refractivity contribution in [2.24, 2.45) is 5.92 Å². The second-order valence-electron chi connectivity index (χ2n) is 6.55. The van der Waals surface area contributed by atoms with Crippen LogP contribution in [0.15, 0.2) is 0 Å². The quantitative estimate of drug-likeness (QED) is 0.860. The van der Waals surface area contributed by atoms with Crippen LogP contribution in [0, 0.1) is 5.92 Å². The molecule has 1 unspecified atom stereocenters. The van der Waals surface area contributed by atoms with Gasteiger partial charge in [-0.05, 0) is 53.5 Å². The van der Waals surface area contributed by atoms with Crippen LogP contribution in [0.25, 0.3) is 0 Å². The van der Waals surface area contributed by atoms with Gasteiger partial charge in [0.15, 0.2) is 0 Å². The van der Waals surface area contributed by atoms with Crippen molar-refractivity contribution in [3.63, 3.8) is 0 Å². The van der Waals surface area contributed by atoms with Crippen molar-refractivity contribution in [3.05, 3.63) is 0 Å². The molecule has 0 spiro atoms. The molecule has 0 aromatic rings. The molecule has 112 valence electrons.